The van der Waals surface area contributed by atoms with Crippen LogP contribution >= 0.6 is 0 Å². The van der Waals surface area contributed by atoms with E-state index in [-0.39, 0.29) is 11.9 Å². The van der Waals surface area contributed by atoms with Crippen molar-refractivity contribution in [3.8, 4) is 0 Å². The van der Waals surface area contributed by atoms with Gasteiger partial charge in [-0.25, -0.2) is 0 Å². The Morgan fingerprint density at radius 2 is 1.53 bits per heavy atom. The number of rotatable bonds is 3. The summed E-state index contributed by atoms with van der Waals surface area (Å²) in [5, 5.41) is 2.33. The molecule has 2 aromatic carbocycles. The molecule has 19 heavy (non-hydrogen) atoms. The summed E-state index contributed by atoms with van der Waals surface area (Å²) >= 11 is 0. The fraction of sp³-hybridized carbons (Fsp3) is 0.188. The lowest BCUT2D eigenvalue weighted by molar-refractivity contribution is -0.121. The summed E-state index contributed by atoms with van der Waals surface area (Å²) in [5.41, 5.74) is 7.69. The molecule has 3 nitrogen and oxygen atoms in total. The first kappa shape index (κ1) is 11.8. The standard InChI is InChI=1S/C16H16N2O/c1-2-13(16(17)19)18-14-9-5-3-7-11(14)12-8-4-6-10-15(12)18/h3-10,13H,2H2,1H3,(H2,17,19). The second-order valence-corrected chi connectivity index (χ2v) is 4.73. The number of aromatic nitrogens is 1. The maximum absolute atomic E-state index is 11.7. The molecule has 1 unspecified atom stereocenters. The summed E-state index contributed by atoms with van der Waals surface area (Å²) in [5.74, 6) is -0.283. The van der Waals surface area contributed by atoms with Crippen LogP contribution in [0.2, 0.25) is 0 Å². The Hall–Kier alpha value is -2.29. The highest BCUT2D eigenvalue weighted by molar-refractivity contribution is 6.08. The molecule has 3 aromatic rings. The third-order valence-corrected chi connectivity index (χ3v) is 3.64. The Kier molecular flexibility index (Phi) is 2.75. The predicted molar refractivity (Wildman–Crippen MR) is 78.0 cm³/mol. The summed E-state index contributed by atoms with van der Waals surface area (Å²) in [6, 6.07) is 16.0. The normalized spacial score (nSPS) is 12.9. The third-order valence-electron chi connectivity index (χ3n) is 3.64. The molecular weight excluding hydrogens is 236 g/mol. The van der Waals surface area contributed by atoms with Gasteiger partial charge in [0.1, 0.15) is 6.04 Å². The Morgan fingerprint density at radius 3 is 1.95 bits per heavy atom. The second kappa shape index (κ2) is 4.43. The van der Waals surface area contributed by atoms with Gasteiger partial charge in [-0.3, -0.25) is 4.79 Å². The van der Waals surface area contributed by atoms with Crippen molar-refractivity contribution in [3.63, 3.8) is 0 Å². The monoisotopic (exact) mass is 252 g/mol. The number of hydrogen-bond acceptors (Lipinski definition) is 1. The first-order valence-electron chi connectivity index (χ1n) is 6.51. The van der Waals surface area contributed by atoms with Crippen molar-refractivity contribution in [1.82, 2.24) is 4.57 Å². The van der Waals surface area contributed by atoms with Crippen LogP contribution in [-0.4, -0.2) is 10.5 Å². The maximum atomic E-state index is 11.7. The van der Waals surface area contributed by atoms with Crippen LogP contribution in [0.4, 0.5) is 0 Å². The van der Waals surface area contributed by atoms with Crippen LogP contribution in [0.25, 0.3) is 21.8 Å². The number of hydrogen-bond donors (Lipinski definition) is 1. The van der Waals surface area contributed by atoms with Crippen molar-refractivity contribution in [2.75, 3.05) is 0 Å². The average Bonchev–Trinajstić information content (AvgIpc) is 2.75. The molecule has 1 atom stereocenters. The Balaban J connectivity index is 2.46. The van der Waals surface area contributed by atoms with Gasteiger partial charge < -0.3 is 10.3 Å². The number of amides is 1. The van der Waals surface area contributed by atoms with Crippen molar-refractivity contribution in [2.24, 2.45) is 5.73 Å². The smallest absolute Gasteiger partial charge is 0.240 e. The molecule has 0 aliphatic carbocycles. The molecule has 0 saturated heterocycles. The SMILES string of the molecule is CCC(C(N)=O)n1c2ccccc2c2ccccc21. The van der Waals surface area contributed by atoms with Crippen LogP contribution in [0, 0.1) is 0 Å². The summed E-state index contributed by atoms with van der Waals surface area (Å²) in [4.78, 5) is 11.7. The van der Waals surface area contributed by atoms with Crippen LogP contribution < -0.4 is 5.73 Å². The molecule has 3 heteroatoms. The average molecular weight is 252 g/mol. The summed E-state index contributed by atoms with van der Waals surface area (Å²) in [7, 11) is 0. The van der Waals surface area contributed by atoms with E-state index in [0.717, 1.165) is 21.8 Å². The molecule has 3 rings (SSSR count). The van der Waals surface area contributed by atoms with Gasteiger partial charge in [0.05, 0.1) is 0 Å². The van der Waals surface area contributed by atoms with E-state index in [1.807, 2.05) is 43.3 Å². The number of benzene rings is 2. The van der Waals surface area contributed by atoms with E-state index in [1.165, 1.54) is 0 Å². The number of nitrogens with zero attached hydrogens (tertiary/aromatic N) is 1. The molecule has 0 saturated carbocycles. The van der Waals surface area contributed by atoms with Crippen LogP contribution in [0.1, 0.15) is 19.4 Å². The van der Waals surface area contributed by atoms with E-state index in [4.69, 9.17) is 5.73 Å². The first-order valence-corrected chi connectivity index (χ1v) is 6.51. The fourth-order valence-electron chi connectivity index (χ4n) is 2.80. The van der Waals surface area contributed by atoms with Crippen LogP contribution in [-0.2, 0) is 4.79 Å². The van der Waals surface area contributed by atoms with Crippen LogP contribution in [0.5, 0.6) is 0 Å². The molecule has 0 spiro atoms. The maximum Gasteiger partial charge on any atom is 0.240 e. The highest BCUT2D eigenvalue weighted by atomic mass is 16.1. The quantitative estimate of drug-likeness (QED) is 0.764. The molecule has 0 aliphatic heterocycles. The van der Waals surface area contributed by atoms with Gasteiger partial charge in [0.15, 0.2) is 0 Å². The molecule has 0 aliphatic rings. The van der Waals surface area contributed by atoms with E-state index in [9.17, 15) is 4.79 Å². The highest BCUT2D eigenvalue weighted by Crippen LogP contribution is 2.32. The van der Waals surface area contributed by atoms with E-state index in [0.29, 0.717) is 6.42 Å². The zero-order chi connectivity index (χ0) is 13.4. The fourth-order valence-corrected chi connectivity index (χ4v) is 2.80. The van der Waals surface area contributed by atoms with E-state index in [1.54, 1.807) is 0 Å². The van der Waals surface area contributed by atoms with Gasteiger partial charge in [0, 0.05) is 21.8 Å². The van der Waals surface area contributed by atoms with Crippen molar-refractivity contribution < 1.29 is 4.79 Å². The molecule has 1 amide bonds. The first-order chi connectivity index (χ1) is 9.24. The number of nitrogens with two attached hydrogens (primary N) is 1. The van der Waals surface area contributed by atoms with Crippen molar-refractivity contribution in [3.05, 3.63) is 48.5 Å². The van der Waals surface area contributed by atoms with E-state index >= 15 is 0 Å². The Labute approximate surface area is 111 Å². The molecule has 1 aromatic heterocycles. The third kappa shape index (κ3) is 1.70. The van der Waals surface area contributed by atoms with Gasteiger partial charge >= 0.3 is 0 Å². The van der Waals surface area contributed by atoms with Gasteiger partial charge in [-0.05, 0) is 18.6 Å². The Bertz CT molecular complexity index is 704. The van der Waals surface area contributed by atoms with Crippen LogP contribution in [0.15, 0.2) is 48.5 Å². The topological polar surface area (TPSA) is 48.0 Å². The van der Waals surface area contributed by atoms with E-state index < -0.39 is 0 Å². The van der Waals surface area contributed by atoms with Gasteiger partial charge in [0.2, 0.25) is 5.91 Å². The van der Waals surface area contributed by atoms with Crippen molar-refractivity contribution >= 4 is 27.7 Å². The molecule has 0 radical (unpaired) electrons. The second-order valence-electron chi connectivity index (χ2n) is 4.73. The minimum Gasteiger partial charge on any atom is -0.368 e. The summed E-state index contributed by atoms with van der Waals surface area (Å²) in [6.07, 6.45) is 0.692. The largest absolute Gasteiger partial charge is 0.368 e. The van der Waals surface area contributed by atoms with Gasteiger partial charge in [0.25, 0.3) is 0 Å². The summed E-state index contributed by atoms with van der Waals surface area (Å²) < 4.78 is 2.06. The lowest BCUT2D eigenvalue weighted by atomic mass is 10.2. The number of primary amides is 1. The van der Waals surface area contributed by atoms with Gasteiger partial charge in [-0.1, -0.05) is 43.3 Å². The number of para-hydroxylation sites is 2. The zero-order valence-electron chi connectivity index (χ0n) is 10.8. The zero-order valence-corrected chi connectivity index (χ0v) is 10.8. The van der Waals surface area contributed by atoms with Crippen molar-refractivity contribution in [1.29, 1.82) is 0 Å². The molecular formula is C16H16N2O. The Morgan fingerprint density at radius 1 is 1.05 bits per heavy atom. The molecule has 2 N–H and O–H groups in total. The molecule has 0 fully saturated rings. The van der Waals surface area contributed by atoms with Gasteiger partial charge in [-0.2, -0.15) is 0 Å². The number of fused-ring (bicyclic) bond motifs is 3. The molecule has 0 bridgehead atoms. The van der Waals surface area contributed by atoms with Crippen LogP contribution in [0.3, 0.4) is 0 Å². The summed E-state index contributed by atoms with van der Waals surface area (Å²) in [6.45, 7) is 1.99. The van der Waals surface area contributed by atoms with Crippen molar-refractivity contribution in [2.45, 2.75) is 19.4 Å². The molecule has 1 heterocycles. The van der Waals surface area contributed by atoms with E-state index in [2.05, 4.69) is 16.7 Å². The number of carbonyl (C=O) groups is 1. The predicted octanol–water partition coefficient (Wildman–Crippen LogP) is 3.23. The lowest BCUT2D eigenvalue weighted by Gasteiger charge is -2.16. The number of carbonyl (C=O) groups excluding carboxylic acids is 1. The minimum absolute atomic E-state index is 0.283. The molecule has 96 valence electrons. The minimum atomic E-state index is -0.301. The highest BCUT2D eigenvalue weighted by Gasteiger charge is 2.20. The van der Waals surface area contributed by atoms with Gasteiger partial charge in [-0.15, -0.1) is 0 Å². The lowest BCUT2D eigenvalue weighted by Crippen LogP contribution is -2.25.